The molecule has 2 heteroatoms. The summed E-state index contributed by atoms with van der Waals surface area (Å²) in [6.07, 6.45) is 31.9. The molecule has 0 fully saturated rings. The highest BCUT2D eigenvalue weighted by molar-refractivity contribution is 5.85. The predicted octanol–water partition coefficient (Wildman–Crippen LogP) is 8.06. The van der Waals surface area contributed by atoms with E-state index >= 15 is 0 Å². The first-order valence-electron chi connectivity index (χ1n) is 11.0. The van der Waals surface area contributed by atoms with Crippen LogP contribution in [0.15, 0.2) is 24.4 Å². The van der Waals surface area contributed by atoms with Crippen LogP contribution >= 0.6 is 12.4 Å². The van der Waals surface area contributed by atoms with Gasteiger partial charge in [-0.1, -0.05) is 115 Å². The maximum absolute atomic E-state index is 2.42. The minimum absolute atomic E-state index is 0. The number of rotatable bonds is 17. The summed E-state index contributed by atoms with van der Waals surface area (Å²) in [4.78, 5) is 2.42. The molecule has 0 spiro atoms. The van der Waals surface area contributed by atoms with Crippen LogP contribution < -0.4 is 0 Å². The zero-order chi connectivity index (χ0) is 17.1. The SMILES string of the molecule is CCCCCCCCCCCCCCCCCCN1C=CC=CC1.Cl. The molecule has 0 amide bonds. The van der Waals surface area contributed by atoms with Crippen LogP contribution in [0.4, 0.5) is 0 Å². The molecule has 1 aliphatic rings. The molecule has 0 bridgehead atoms. The largest absolute Gasteiger partial charge is 0.374 e. The second kappa shape index (κ2) is 19.9. The van der Waals surface area contributed by atoms with Crippen LogP contribution in [-0.4, -0.2) is 18.0 Å². The number of nitrogens with zero attached hydrogens (tertiary/aromatic N) is 1. The molecule has 0 N–H and O–H groups in total. The lowest BCUT2D eigenvalue weighted by Crippen LogP contribution is -2.19. The number of halogens is 1. The normalized spacial score (nSPS) is 13.2. The molecule has 1 nitrogen and oxygen atoms in total. The number of unbranched alkanes of at least 4 members (excludes halogenated alkanes) is 15. The number of hydrogen-bond acceptors (Lipinski definition) is 1. The summed E-state index contributed by atoms with van der Waals surface area (Å²) in [6, 6.07) is 0. The van der Waals surface area contributed by atoms with Gasteiger partial charge in [-0.2, -0.15) is 0 Å². The van der Waals surface area contributed by atoms with Gasteiger partial charge in [0.05, 0.1) is 0 Å². The third-order valence-corrected chi connectivity index (χ3v) is 5.18. The first-order valence-corrected chi connectivity index (χ1v) is 11.0. The minimum Gasteiger partial charge on any atom is -0.374 e. The quantitative estimate of drug-likeness (QED) is 0.234. The van der Waals surface area contributed by atoms with E-state index in [1.54, 1.807) is 0 Å². The Kier molecular flexibility index (Phi) is 19.5. The van der Waals surface area contributed by atoms with Crippen molar-refractivity contribution in [3.63, 3.8) is 0 Å². The third kappa shape index (κ3) is 16.8. The van der Waals surface area contributed by atoms with Gasteiger partial charge in [0, 0.05) is 13.1 Å². The van der Waals surface area contributed by atoms with Gasteiger partial charge in [-0.15, -0.1) is 12.4 Å². The van der Waals surface area contributed by atoms with Crippen LogP contribution in [0.2, 0.25) is 0 Å². The van der Waals surface area contributed by atoms with Crippen molar-refractivity contribution in [1.82, 2.24) is 4.90 Å². The molecule has 0 aromatic carbocycles. The third-order valence-electron chi connectivity index (χ3n) is 5.18. The fraction of sp³-hybridized carbons (Fsp3) is 0.826. The molecule has 148 valence electrons. The van der Waals surface area contributed by atoms with E-state index in [4.69, 9.17) is 0 Å². The van der Waals surface area contributed by atoms with E-state index in [1.165, 1.54) is 109 Å². The molecule has 0 unspecified atom stereocenters. The van der Waals surface area contributed by atoms with Gasteiger partial charge in [0.1, 0.15) is 0 Å². The molecule has 1 aliphatic heterocycles. The van der Waals surface area contributed by atoms with Crippen molar-refractivity contribution in [1.29, 1.82) is 0 Å². The van der Waals surface area contributed by atoms with Crippen molar-refractivity contribution in [3.05, 3.63) is 24.4 Å². The summed E-state index contributed by atoms with van der Waals surface area (Å²) in [5.41, 5.74) is 0. The fourth-order valence-corrected chi connectivity index (χ4v) is 3.54. The predicted molar refractivity (Wildman–Crippen MR) is 117 cm³/mol. The van der Waals surface area contributed by atoms with E-state index in [0.29, 0.717) is 0 Å². The van der Waals surface area contributed by atoms with Crippen molar-refractivity contribution in [2.45, 2.75) is 110 Å². The highest BCUT2D eigenvalue weighted by Crippen LogP contribution is 2.14. The Morgan fingerprint density at radius 3 is 1.44 bits per heavy atom. The Morgan fingerprint density at radius 2 is 1.04 bits per heavy atom. The summed E-state index contributed by atoms with van der Waals surface area (Å²) in [6.45, 7) is 4.64. The van der Waals surface area contributed by atoms with E-state index in [1.807, 2.05) is 0 Å². The van der Waals surface area contributed by atoms with Crippen molar-refractivity contribution in [3.8, 4) is 0 Å². The Labute approximate surface area is 164 Å². The smallest absolute Gasteiger partial charge is 0.0357 e. The fourth-order valence-electron chi connectivity index (χ4n) is 3.54. The van der Waals surface area contributed by atoms with E-state index < -0.39 is 0 Å². The highest BCUT2D eigenvalue weighted by atomic mass is 35.5. The van der Waals surface area contributed by atoms with Crippen LogP contribution in [0.3, 0.4) is 0 Å². The Balaban J connectivity index is 0.00000576. The molecular formula is C23H44ClN. The first kappa shape index (κ1) is 24.6. The monoisotopic (exact) mass is 369 g/mol. The first-order chi connectivity index (χ1) is 11.9. The van der Waals surface area contributed by atoms with E-state index in [9.17, 15) is 0 Å². The lowest BCUT2D eigenvalue weighted by Gasteiger charge is -2.20. The minimum atomic E-state index is 0. The zero-order valence-corrected chi connectivity index (χ0v) is 17.7. The molecule has 0 radical (unpaired) electrons. The summed E-state index contributed by atoms with van der Waals surface area (Å²) < 4.78 is 0. The Morgan fingerprint density at radius 1 is 0.600 bits per heavy atom. The second-order valence-corrected chi connectivity index (χ2v) is 7.57. The van der Waals surface area contributed by atoms with Gasteiger partial charge in [0.25, 0.3) is 0 Å². The molecule has 0 aromatic heterocycles. The molecule has 0 saturated carbocycles. The van der Waals surface area contributed by atoms with Gasteiger partial charge >= 0.3 is 0 Å². The van der Waals surface area contributed by atoms with Crippen LogP contribution in [0.25, 0.3) is 0 Å². The summed E-state index contributed by atoms with van der Waals surface area (Å²) >= 11 is 0. The van der Waals surface area contributed by atoms with Crippen molar-refractivity contribution in [2.75, 3.05) is 13.1 Å². The average Bonchev–Trinajstić information content (AvgIpc) is 2.62. The molecule has 0 aromatic rings. The van der Waals surface area contributed by atoms with Gasteiger partial charge in [0.2, 0.25) is 0 Å². The summed E-state index contributed by atoms with van der Waals surface area (Å²) in [5, 5.41) is 0. The molecular weight excluding hydrogens is 326 g/mol. The molecule has 0 saturated heterocycles. The van der Waals surface area contributed by atoms with Crippen molar-refractivity contribution in [2.24, 2.45) is 0 Å². The van der Waals surface area contributed by atoms with Gasteiger partial charge < -0.3 is 4.90 Å². The molecule has 25 heavy (non-hydrogen) atoms. The summed E-state index contributed by atoms with van der Waals surface area (Å²) in [7, 11) is 0. The standard InChI is InChI=1S/C23H43N.ClH/c1-2-3-4-5-6-7-8-9-10-11-12-13-14-15-16-18-21-24-22-19-17-20-23-24;/h17,19-20,22H,2-16,18,21,23H2,1H3;1H. The highest BCUT2D eigenvalue weighted by Gasteiger charge is 1.99. The van der Waals surface area contributed by atoms with Crippen molar-refractivity contribution >= 4 is 12.4 Å². The number of hydrogen-bond donors (Lipinski definition) is 0. The zero-order valence-electron chi connectivity index (χ0n) is 16.9. The van der Waals surface area contributed by atoms with E-state index in [2.05, 4.69) is 36.3 Å². The maximum Gasteiger partial charge on any atom is 0.0357 e. The molecule has 1 heterocycles. The summed E-state index contributed by atoms with van der Waals surface area (Å²) in [5.74, 6) is 0. The van der Waals surface area contributed by atoms with Gasteiger partial charge in [-0.05, 0) is 18.7 Å². The average molecular weight is 370 g/mol. The van der Waals surface area contributed by atoms with Gasteiger partial charge in [-0.25, -0.2) is 0 Å². The lowest BCUT2D eigenvalue weighted by molar-refractivity contribution is 0.392. The Hall–Kier alpha value is -0.430. The van der Waals surface area contributed by atoms with Crippen LogP contribution in [0.1, 0.15) is 110 Å². The Bertz CT molecular complexity index is 311. The van der Waals surface area contributed by atoms with Crippen LogP contribution in [0.5, 0.6) is 0 Å². The number of allylic oxidation sites excluding steroid dienone is 2. The second-order valence-electron chi connectivity index (χ2n) is 7.57. The van der Waals surface area contributed by atoms with Gasteiger partial charge in [-0.3, -0.25) is 0 Å². The lowest BCUT2D eigenvalue weighted by atomic mass is 10.0. The maximum atomic E-state index is 2.42. The van der Waals surface area contributed by atoms with Crippen LogP contribution in [0, 0.1) is 0 Å². The molecule has 0 aliphatic carbocycles. The topological polar surface area (TPSA) is 3.24 Å². The van der Waals surface area contributed by atoms with E-state index in [-0.39, 0.29) is 12.4 Å². The molecule has 0 atom stereocenters. The molecule has 1 rings (SSSR count). The van der Waals surface area contributed by atoms with E-state index in [0.717, 1.165) is 6.54 Å². The van der Waals surface area contributed by atoms with Crippen molar-refractivity contribution < 1.29 is 0 Å². The van der Waals surface area contributed by atoms with Crippen LogP contribution in [-0.2, 0) is 0 Å². The van der Waals surface area contributed by atoms with Gasteiger partial charge in [0.15, 0.2) is 0 Å².